The number of aromatic nitrogens is 2. The van der Waals surface area contributed by atoms with Crippen molar-refractivity contribution in [1.82, 2.24) is 14.5 Å². The van der Waals surface area contributed by atoms with Gasteiger partial charge < -0.3 is 10.0 Å². The van der Waals surface area contributed by atoms with E-state index in [2.05, 4.69) is 4.98 Å². The molecule has 7 nitrogen and oxygen atoms in total. The number of aryl methyl sites for hydroxylation is 1. The molecule has 0 aliphatic carbocycles. The molecule has 1 aliphatic rings. The number of likely N-dealkylation sites (tertiary alicyclic amines) is 1. The molecule has 1 saturated heterocycles. The van der Waals surface area contributed by atoms with Gasteiger partial charge in [-0.1, -0.05) is 0 Å². The fourth-order valence-corrected chi connectivity index (χ4v) is 3.62. The van der Waals surface area contributed by atoms with Gasteiger partial charge in [-0.2, -0.15) is 0 Å². The Labute approximate surface area is 129 Å². The number of thiophene rings is 1. The molecule has 116 valence electrons. The van der Waals surface area contributed by atoms with Gasteiger partial charge in [-0.15, -0.1) is 11.3 Å². The van der Waals surface area contributed by atoms with Crippen molar-refractivity contribution in [2.75, 3.05) is 13.1 Å². The van der Waals surface area contributed by atoms with Gasteiger partial charge in [0, 0.05) is 18.5 Å². The third-order valence-corrected chi connectivity index (χ3v) is 4.74. The number of hydrogen-bond acceptors (Lipinski definition) is 5. The first-order valence-corrected chi connectivity index (χ1v) is 7.86. The normalized spacial score (nSPS) is 14.7. The second kappa shape index (κ2) is 5.53. The number of carbonyl (C=O) groups is 2. The molecule has 3 rings (SSSR count). The van der Waals surface area contributed by atoms with Crippen LogP contribution in [-0.2, 0) is 11.3 Å². The van der Waals surface area contributed by atoms with Crippen molar-refractivity contribution in [3.63, 3.8) is 0 Å². The zero-order chi connectivity index (χ0) is 15.9. The highest BCUT2D eigenvalue weighted by Gasteiger charge is 2.22. The summed E-state index contributed by atoms with van der Waals surface area (Å²) in [6, 6.07) is 0. The van der Waals surface area contributed by atoms with Gasteiger partial charge in [0.2, 0.25) is 5.91 Å². The molecule has 1 N–H and O–H groups in total. The van der Waals surface area contributed by atoms with Crippen molar-refractivity contribution in [2.45, 2.75) is 26.3 Å². The second-order valence-electron chi connectivity index (χ2n) is 5.27. The maximum atomic E-state index is 12.6. The number of fused-ring (bicyclic) bond motifs is 1. The molecule has 0 unspecified atom stereocenters. The predicted octanol–water partition coefficient (Wildman–Crippen LogP) is 1.09. The quantitative estimate of drug-likeness (QED) is 0.913. The highest BCUT2D eigenvalue weighted by atomic mass is 32.1. The monoisotopic (exact) mass is 321 g/mol. The van der Waals surface area contributed by atoms with E-state index in [0.717, 1.165) is 24.2 Å². The SMILES string of the molecule is Cc1nc2scc(C(=O)O)c2c(=O)n1CC(=O)N1CCCC1. The molecule has 2 aromatic rings. The number of hydrogen-bond donors (Lipinski definition) is 1. The number of rotatable bonds is 3. The number of carbonyl (C=O) groups excluding carboxylic acids is 1. The predicted molar refractivity (Wildman–Crippen MR) is 81.4 cm³/mol. The lowest BCUT2D eigenvalue weighted by Crippen LogP contribution is -2.36. The fraction of sp³-hybridized carbons (Fsp3) is 0.429. The minimum absolute atomic E-state index is 0.0557. The van der Waals surface area contributed by atoms with Gasteiger partial charge in [-0.05, 0) is 19.8 Å². The van der Waals surface area contributed by atoms with Crippen molar-refractivity contribution in [2.24, 2.45) is 0 Å². The van der Waals surface area contributed by atoms with E-state index in [4.69, 9.17) is 5.11 Å². The van der Waals surface area contributed by atoms with E-state index in [1.54, 1.807) is 11.8 Å². The van der Waals surface area contributed by atoms with E-state index in [-0.39, 0.29) is 23.4 Å². The van der Waals surface area contributed by atoms with Crippen molar-refractivity contribution >= 4 is 33.4 Å². The van der Waals surface area contributed by atoms with Gasteiger partial charge in [0.15, 0.2) is 0 Å². The van der Waals surface area contributed by atoms with Gasteiger partial charge in [0.1, 0.15) is 17.2 Å². The minimum atomic E-state index is -1.16. The number of nitrogens with zero attached hydrogens (tertiary/aromatic N) is 3. The molecular weight excluding hydrogens is 306 g/mol. The molecule has 22 heavy (non-hydrogen) atoms. The molecule has 0 aromatic carbocycles. The van der Waals surface area contributed by atoms with Crippen LogP contribution in [0, 0.1) is 6.92 Å². The lowest BCUT2D eigenvalue weighted by Gasteiger charge is -2.17. The first-order valence-electron chi connectivity index (χ1n) is 6.98. The van der Waals surface area contributed by atoms with E-state index < -0.39 is 11.5 Å². The molecule has 0 saturated carbocycles. The van der Waals surface area contributed by atoms with Gasteiger partial charge in [-0.25, -0.2) is 9.78 Å². The summed E-state index contributed by atoms with van der Waals surface area (Å²) in [4.78, 5) is 42.4. The highest BCUT2D eigenvalue weighted by Crippen LogP contribution is 2.21. The Bertz CT molecular complexity index is 817. The number of carboxylic acids is 1. The molecule has 1 aliphatic heterocycles. The highest BCUT2D eigenvalue weighted by molar-refractivity contribution is 7.17. The van der Waals surface area contributed by atoms with Gasteiger partial charge in [0.25, 0.3) is 5.56 Å². The Morgan fingerprint density at radius 1 is 1.36 bits per heavy atom. The lowest BCUT2D eigenvalue weighted by atomic mass is 10.2. The summed E-state index contributed by atoms with van der Waals surface area (Å²) >= 11 is 1.12. The molecular formula is C14H15N3O4S. The topological polar surface area (TPSA) is 92.5 Å². The second-order valence-corrected chi connectivity index (χ2v) is 6.13. The summed E-state index contributed by atoms with van der Waals surface area (Å²) in [6.07, 6.45) is 1.95. The minimum Gasteiger partial charge on any atom is -0.478 e. The molecule has 1 fully saturated rings. The van der Waals surface area contributed by atoms with Crippen LogP contribution in [0.15, 0.2) is 10.2 Å². The van der Waals surface area contributed by atoms with Crippen molar-refractivity contribution < 1.29 is 14.7 Å². The average Bonchev–Trinajstić information content (AvgIpc) is 3.11. The van der Waals surface area contributed by atoms with Crippen molar-refractivity contribution in [3.8, 4) is 0 Å². The summed E-state index contributed by atoms with van der Waals surface area (Å²) in [6.45, 7) is 2.98. The van der Waals surface area contributed by atoms with Gasteiger partial charge in [-0.3, -0.25) is 14.2 Å². The van der Waals surface area contributed by atoms with Gasteiger partial charge >= 0.3 is 5.97 Å². The van der Waals surface area contributed by atoms with Crippen LogP contribution >= 0.6 is 11.3 Å². The van der Waals surface area contributed by atoms with Crippen LogP contribution in [0.3, 0.4) is 0 Å². The van der Waals surface area contributed by atoms with Crippen molar-refractivity contribution in [1.29, 1.82) is 0 Å². The van der Waals surface area contributed by atoms with Crippen LogP contribution in [0.4, 0.5) is 0 Å². The Morgan fingerprint density at radius 3 is 2.68 bits per heavy atom. The molecule has 0 spiro atoms. The summed E-state index contributed by atoms with van der Waals surface area (Å²) < 4.78 is 1.27. The molecule has 8 heteroatoms. The fourth-order valence-electron chi connectivity index (χ4n) is 2.67. The number of carboxylic acid groups (broad SMARTS) is 1. The maximum Gasteiger partial charge on any atom is 0.337 e. The zero-order valence-corrected chi connectivity index (χ0v) is 12.9. The molecule has 0 bridgehead atoms. The standard InChI is InChI=1S/C14H15N3O4S/c1-8-15-12-11(9(7-22-12)14(20)21)13(19)17(8)6-10(18)16-4-2-3-5-16/h7H,2-6H2,1H3,(H,20,21). The number of aromatic carboxylic acids is 1. The van der Waals surface area contributed by atoms with E-state index in [0.29, 0.717) is 23.7 Å². The Kier molecular flexibility index (Phi) is 3.69. The van der Waals surface area contributed by atoms with Crippen LogP contribution in [0.2, 0.25) is 0 Å². The molecule has 1 amide bonds. The zero-order valence-electron chi connectivity index (χ0n) is 12.0. The first-order chi connectivity index (χ1) is 10.5. The Hall–Kier alpha value is -2.22. The van der Waals surface area contributed by atoms with E-state index in [9.17, 15) is 14.4 Å². The Balaban J connectivity index is 2.05. The largest absolute Gasteiger partial charge is 0.478 e. The molecule has 0 radical (unpaired) electrons. The molecule has 0 atom stereocenters. The maximum absolute atomic E-state index is 12.6. The summed E-state index contributed by atoms with van der Waals surface area (Å²) in [5.41, 5.74) is -0.520. The van der Waals surface area contributed by atoms with Crippen LogP contribution < -0.4 is 5.56 Å². The average molecular weight is 321 g/mol. The smallest absolute Gasteiger partial charge is 0.337 e. The van der Waals surface area contributed by atoms with Crippen LogP contribution in [0.5, 0.6) is 0 Å². The summed E-state index contributed by atoms with van der Waals surface area (Å²) in [7, 11) is 0. The lowest BCUT2D eigenvalue weighted by molar-refractivity contribution is -0.130. The van der Waals surface area contributed by atoms with E-state index >= 15 is 0 Å². The van der Waals surface area contributed by atoms with Crippen LogP contribution in [0.25, 0.3) is 10.2 Å². The summed E-state index contributed by atoms with van der Waals surface area (Å²) in [5.74, 6) is -0.869. The Morgan fingerprint density at radius 2 is 2.05 bits per heavy atom. The molecule has 2 aromatic heterocycles. The third kappa shape index (κ3) is 2.39. The van der Waals surface area contributed by atoms with Crippen LogP contribution in [0.1, 0.15) is 29.0 Å². The van der Waals surface area contributed by atoms with Gasteiger partial charge in [0.05, 0.1) is 10.9 Å². The molecule has 3 heterocycles. The van der Waals surface area contributed by atoms with Crippen LogP contribution in [-0.4, -0.2) is 44.5 Å². The van der Waals surface area contributed by atoms with E-state index in [1.807, 2.05) is 0 Å². The third-order valence-electron chi connectivity index (χ3n) is 3.87. The summed E-state index contributed by atoms with van der Waals surface area (Å²) in [5, 5.41) is 10.7. The van der Waals surface area contributed by atoms with E-state index in [1.165, 1.54) is 9.95 Å². The van der Waals surface area contributed by atoms with Crippen molar-refractivity contribution in [3.05, 3.63) is 27.1 Å². The number of amides is 1. The first kappa shape index (κ1) is 14.7.